The normalized spacial score (nSPS) is 10.7. The smallest absolute Gasteiger partial charge is 0.172 e. The molecule has 0 N–H and O–H groups in total. The van der Waals surface area contributed by atoms with Crippen molar-refractivity contribution in [1.82, 2.24) is 15.0 Å². The highest BCUT2D eigenvalue weighted by Crippen LogP contribution is 2.26. The molecule has 0 radical (unpaired) electrons. The van der Waals surface area contributed by atoms with Crippen molar-refractivity contribution in [2.75, 3.05) is 0 Å². The van der Waals surface area contributed by atoms with Crippen molar-refractivity contribution >= 4 is 17.9 Å². The topological polar surface area (TPSA) is 47.8 Å². The predicted molar refractivity (Wildman–Crippen MR) is 86.7 cm³/mol. The van der Waals surface area contributed by atoms with Crippen LogP contribution < -0.4 is 0 Å². The van der Waals surface area contributed by atoms with Crippen molar-refractivity contribution in [2.24, 2.45) is 0 Å². The third-order valence-electron chi connectivity index (χ3n) is 3.38. The third-order valence-corrected chi connectivity index (χ3v) is 3.63. The molecule has 4 nitrogen and oxygen atoms in total. The van der Waals surface area contributed by atoms with Gasteiger partial charge in [0.2, 0.25) is 0 Å². The van der Waals surface area contributed by atoms with Crippen molar-refractivity contribution in [3.05, 3.63) is 64.3 Å². The molecule has 110 valence electrons. The summed E-state index contributed by atoms with van der Waals surface area (Å²) in [5.74, 6) is 0. The molecule has 3 rings (SSSR count). The van der Waals surface area contributed by atoms with E-state index in [2.05, 4.69) is 16.4 Å². The van der Waals surface area contributed by atoms with E-state index in [1.807, 2.05) is 38.1 Å². The van der Waals surface area contributed by atoms with Gasteiger partial charge in [0.15, 0.2) is 12.0 Å². The van der Waals surface area contributed by atoms with Gasteiger partial charge in [0.25, 0.3) is 0 Å². The summed E-state index contributed by atoms with van der Waals surface area (Å²) in [5.41, 5.74) is 4.94. The number of benzene rings is 2. The van der Waals surface area contributed by atoms with Crippen LogP contribution in [0.1, 0.15) is 21.6 Å². The second-order valence-electron chi connectivity index (χ2n) is 5.21. The number of hydrogen-bond donors (Lipinski definition) is 0. The van der Waals surface area contributed by atoms with Crippen LogP contribution >= 0.6 is 11.6 Å². The van der Waals surface area contributed by atoms with Gasteiger partial charge in [-0.3, -0.25) is 4.79 Å². The summed E-state index contributed by atoms with van der Waals surface area (Å²) < 4.78 is 1.69. The Bertz CT molecular complexity index is 817. The van der Waals surface area contributed by atoms with Gasteiger partial charge in [0, 0.05) is 10.6 Å². The van der Waals surface area contributed by atoms with Crippen molar-refractivity contribution in [3.8, 4) is 16.9 Å². The Morgan fingerprint density at radius 1 is 1.05 bits per heavy atom. The summed E-state index contributed by atoms with van der Waals surface area (Å²) in [7, 11) is 0. The first-order valence-electron chi connectivity index (χ1n) is 6.84. The van der Waals surface area contributed by atoms with Gasteiger partial charge in [-0.05, 0) is 49.2 Å². The molecule has 0 aliphatic carbocycles. The lowest BCUT2D eigenvalue weighted by Gasteiger charge is -2.09. The number of hydrogen-bond acceptors (Lipinski definition) is 3. The van der Waals surface area contributed by atoms with Crippen LogP contribution in [-0.2, 0) is 0 Å². The molecule has 0 saturated carbocycles. The lowest BCUT2D eigenvalue weighted by Crippen LogP contribution is -2.01. The zero-order valence-corrected chi connectivity index (χ0v) is 13.0. The van der Waals surface area contributed by atoms with Gasteiger partial charge in [-0.2, -0.15) is 0 Å². The van der Waals surface area contributed by atoms with Gasteiger partial charge < -0.3 is 0 Å². The summed E-state index contributed by atoms with van der Waals surface area (Å²) in [6.07, 6.45) is 0.718. The molecule has 0 bridgehead atoms. The molecule has 1 heterocycles. The second-order valence-corrected chi connectivity index (χ2v) is 5.64. The highest BCUT2D eigenvalue weighted by molar-refractivity contribution is 6.30. The number of rotatable bonds is 3. The van der Waals surface area contributed by atoms with E-state index < -0.39 is 0 Å². The van der Waals surface area contributed by atoms with E-state index in [9.17, 15) is 4.79 Å². The number of aldehydes is 1. The number of halogens is 1. The van der Waals surface area contributed by atoms with Crippen LogP contribution in [-0.4, -0.2) is 21.3 Å². The summed E-state index contributed by atoms with van der Waals surface area (Å²) in [4.78, 5) is 11.3. The van der Waals surface area contributed by atoms with Gasteiger partial charge in [-0.25, -0.2) is 4.68 Å². The van der Waals surface area contributed by atoms with Gasteiger partial charge in [0.05, 0.1) is 5.69 Å². The van der Waals surface area contributed by atoms with Crippen LogP contribution in [0.2, 0.25) is 5.02 Å². The van der Waals surface area contributed by atoms with E-state index in [0.717, 1.165) is 28.7 Å². The van der Waals surface area contributed by atoms with E-state index in [1.165, 1.54) is 0 Å². The quantitative estimate of drug-likeness (QED) is 0.686. The first-order valence-corrected chi connectivity index (χ1v) is 7.22. The highest BCUT2D eigenvalue weighted by Gasteiger charge is 2.16. The summed E-state index contributed by atoms with van der Waals surface area (Å²) in [6.45, 7) is 4.05. The fraction of sp³-hybridized carbons (Fsp3) is 0.118. The highest BCUT2D eigenvalue weighted by atomic mass is 35.5. The van der Waals surface area contributed by atoms with Crippen LogP contribution in [0.3, 0.4) is 0 Å². The van der Waals surface area contributed by atoms with Crippen LogP contribution in [0.25, 0.3) is 16.9 Å². The first kappa shape index (κ1) is 14.5. The summed E-state index contributed by atoms with van der Waals surface area (Å²) in [6, 6.07) is 13.4. The van der Waals surface area contributed by atoms with Crippen LogP contribution in [0, 0.1) is 13.8 Å². The van der Waals surface area contributed by atoms with E-state index >= 15 is 0 Å². The maximum atomic E-state index is 11.3. The molecule has 0 unspecified atom stereocenters. The lowest BCUT2D eigenvalue weighted by molar-refractivity contribution is 0.111. The van der Waals surface area contributed by atoms with Crippen LogP contribution in [0.5, 0.6) is 0 Å². The number of aryl methyl sites for hydroxylation is 2. The zero-order valence-electron chi connectivity index (χ0n) is 12.2. The molecular formula is C17H14ClN3O. The zero-order chi connectivity index (χ0) is 15.7. The molecule has 3 aromatic rings. The maximum Gasteiger partial charge on any atom is 0.172 e. The van der Waals surface area contributed by atoms with E-state index in [4.69, 9.17) is 11.6 Å². The number of carbonyl (C=O) groups is 1. The molecule has 0 spiro atoms. The lowest BCUT2D eigenvalue weighted by atomic mass is 10.1. The number of carbonyl (C=O) groups excluding carboxylic acids is 1. The average molecular weight is 312 g/mol. The second kappa shape index (κ2) is 5.73. The summed E-state index contributed by atoms with van der Waals surface area (Å²) in [5, 5.41) is 8.76. The van der Waals surface area contributed by atoms with Crippen molar-refractivity contribution in [2.45, 2.75) is 13.8 Å². The molecule has 1 aromatic heterocycles. The molecule has 0 aliphatic rings. The predicted octanol–water partition coefficient (Wildman–Crippen LogP) is 4.02. The molecule has 0 atom stereocenters. The first-order chi connectivity index (χ1) is 10.6. The molecule has 2 aromatic carbocycles. The van der Waals surface area contributed by atoms with Gasteiger partial charge in [0.1, 0.15) is 5.69 Å². The fourth-order valence-electron chi connectivity index (χ4n) is 2.50. The average Bonchev–Trinajstić information content (AvgIpc) is 2.91. The summed E-state index contributed by atoms with van der Waals surface area (Å²) >= 11 is 5.94. The number of nitrogens with zero attached hydrogens (tertiary/aromatic N) is 3. The van der Waals surface area contributed by atoms with E-state index in [-0.39, 0.29) is 0 Å². The Labute approximate surface area is 133 Å². The number of aromatic nitrogens is 3. The van der Waals surface area contributed by atoms with Crippen molar-refractivity contribution in [3.63, 3.8) is 0 Å². The van der Waals surface area contributed by atoms with Gasteiger partial charge in [-0.1, -0.05) is 35.0 Å². The maximum absolute atomic E-state index is 11.3. The van der Waals surface area contributed by atoms with Crippen molar-refractivity contribution in [1.29, 1.82) is 0 Å². The molecule has 0 aliphatic heterocycles. The third kappa shape index (κ3) is 2.65. The van der Waals surface area contributed by atoms with Crippen LogP contribution in [0.4, 0.5) is 0 Å². The standard InChI is InChI=1S/C17H14ClN3O/c1-11-7-12(2)9-15(8-11)21-17(16(10-22)19-20-21)13-3-5-14(18)6-4-13/h3-10H,1-2H3. The fourth-order valence-corrected chi connectivity index (χ4v) is 2.63. The minimum absolute atomic E-state index is 0.307. The monoisotopic (exact) mass is 311 g/mol. The Morgan fingerprint density at radius 3 is 2.27 bits per heavy atom. The molecular weight excluding hydrogens is 298 g/mol. The van der Waals surface area contributed by atoms with Crippen molar-refractivity contribution < 1.29 is 4.79 Å². The SMILES string of the molecule is Cc1cc(C)cc(-n2nnc(C=O)c2-c2ccc(Cl)cc2)c1. The minimum Gasteiger partial charge on any atom is -0.296 e. The Kier molecular flexibility index (Phi) is 3.77. The molecule has 0 fully saturated rings. The van der Waals surface area contributed by atoms with Crippen LogP contribution in [0.15, 0.2) is 42.5 Å². The Hall–Kier alpha value is -2.46. The van der Waals surface area contributed by atoms with Gasteiger partial charge in [-0.15, -0.1) is 5.10 Å². The largest absolute Gasteiger partial charge is 0.296 e. The molecule has 22 heavy (non-hydrogen) atoms. The Morgan fingerprint density at radius 2 is 1.68 bits per heavy atom. The Balaban J connectivity index is 2.23. The van der Waals surface area contributed by atoms with E-state index in [1.54, 1.807) is 16.8 Å². The minimum atomic E-state index is 0.307. The molecule has 0 amide bonds. The molecule has 0 saturated heterocycles. The van der Waals surface area contributed by atoms with Gasteiger partial charge >= 0.3 is 0 Å². The molecule has 5 heteroatoms. The van der Waals surface area contributed by atoms with E-state index in [0.29, 0.717) is 16.4 Å².